The van der Waals surface area contributed by atoms with Crippen LogP contribution >= 0.6 is 0 Å². The third-order valence-corrected chi connectivity index (χ3v) is 2.68. The molecule has 0 heterocycles. The number of rotatable bonds is 8. The van der Waals surface area contributed by atoms with Crippen LogP contribution in [0.5, 0.6) is 0 Å². The lowest BCUT2D eigenvalue weighted by atomic mass is 10.1. The first kappa shape index (κ1) is 14.1. The van der Waals surface area contributed by atoms with Gasteiger partial charge in [0.05, 0.1) is 6.61 Å². The van der Waals surface area contributed by atoms with Gasteiger partial charge in [0.1, 0.15) is 11.9 Å². The fourth-order valence-corrected chi connectivity index (χ4v) is 1.66. The van der Waals surface area contributed by atoms with Crippen molar-refractivity contribution in [1.29, 1.82) is 0 Å². The largest absolute Gasteiger partial charge is 0.386 e. The maximum atomic E-state index is 13.3. The Kier molecular flexibility index (Phi) is 6.82. The van der Waals surface area contributed by atoms with E-state index in [1.165, 1.54) is 18.9 Å². The highest BCUT2D eigenvalue weighted by Crippen LogP contribution is 2.16. The lowest BCUT2D eigenvalue weighted by Gasteiger charge is -2.12. The molecular weight excluding hydrogens is 219 g/mol. The van der Waals surface area contributed by atoms with Gasteiger partial charge in [-0.05, 0) is 12.5 Å². The van der Waals surface area contributed by atoms with Crippen LogP contribution in [0.1, 0.15) is 44.3 Å². The first-order chi connectivity index (χ1) is 8.25. The Morgan fingerprint density at radius 2 is 2.00 bits per heavy atom. The smallest absolute Gasteiger partial charge is 0.129 e. The summed E-state index contributed by atoms with van der Waals surface area (Å²) in [5, 5.41) is 9.74. The second kappa shape index (κ2) is 8.20. The standard InChI is InChI=1S/C14H21FO2/c1-2-3-4-7-10-17-11-14(16)12-8-5-6-9-13(12)15/h5-6,8-9,14,16H,2-4,7,10-11H2,1H3. The van der Waals surface area contributed by atoms with Gasteiger partial charge < -0.3 is 9.84 Å². The highest BCUT2D eigenvalue weighted by Gasteiger charge is 2.11. The van der Waals surface area contributed by atoms with E-state index in [9.17, 15) is 9.50 Å². The van der Waals surface area contributed by atoms with Gasteiger partial charge in [0.25, 0.3) is 0 Å². The van der Waals surface area contributed by atoms with E-state index in [4.69, 9.17) is 4.74 Å². The minimum absolute atomic E-state index is 0.160. The fraction of sp³-hybridized carbons (Fsp3) is 0.571. The number of benzene rings is 1. The molecule has 0 spiro atoms. The Labute approximate surface area is 102 Å². The minimum Gasteiger partial charge on any atom is -0.386 e. The quantitative estimate of drug-likeness (QED) is 0.705. The van der Waals surface area contributed by atoms with Crippen LogP contribution in [-0.4, -0.2) is 18.3 Å². The van der Waals surface area contributed by atoms with Gasteiger partial charge in [-0.15, -0.1) is 0 Å². The zero-order valence-electron chi connectivity index (χ0n) is 10.4. The van der Waals surface area contributed by atoms with Crippen molar-refractivity contribution in [2.75, 3.05) is 13.2 Å². The predicted molar refractivity (Wildman–Crippen MR) is 66.3 cm³/mol. The van der Waals surface area contributed by atoms with E-state index in [0.717, 1.165) is 12.8 Å². The average Bonchev–Trinajstić information content (AvgIpc) is 2.34. The molecule has 0 aromatic heterocycles. The second-order valence-corrected chi connectivity index (χ2v) is 4.17. The summed E-state index contributed by atoms with van der Waals surface area (Å²) in [6, 6.07) is 6.25. The molecule has 1 unspecified atom stereocenters. The molecule has 0 bridgehead atoms. The van der Waals surface area contributed by atoms with E-state index < -0.39 is 6.10 Å². The van der Waals surface area contributed by atoms with E-state index in [1.807, 2.05) is 0 Å². The van der Waals surface area contributed by atoms with E-state index >= 15 is 0 Å². The van der Waals surface area contributed by atoms with Crippen molar-refractivity contribution in [2.24, 2.45) is 0 Å². The summed E-state index contributed by atoms with van der Waals surface area (Å²) < 4.78 is 18.6. The molecule has 1 aromatic carbocycles. The zero-order chi connectivity index (χ0) is 12.5. The van der Waals surface area contributed by atoms with Crippen molar-refractivity contribution in [1.82, 2.24) is 0 Å². The highest BCUT2D eigenvalue weighted by atomic mass is 19.1. The summed E-state index contributed by atoms with van der Waals surface area (Å²) in [6.07, 6.45) is 3.67. The number of hydrogen-bond acceptors (Lipinski definition) is 2. The number of hydrogen-bond donors (Lipinski definition) is 1. The number of unbranched alkanes of at least 4 members (excludes halogenated alkanes) is 3. The van der Waals surface area contributed by atoms with E-state index in [2.05, 4.69) is 6.92 Å². The summed E-state index contributed by atoms with van der Waals surface area (Å²) >= 11 is 0. The third kappa shape index (κ3) is 5.29. The highest BCUT2D eigenvalue weighted by molar-refractivity contribution is 5.19. The van der Waals surface area contributed by atoms with Crippen LogP contribution in [0.3, 0.4) is 0 Å². The number of aliphatic hydroxyl groups is 1. The Morgan fingerprint density at radius 1 is 1.24 bits per heavy atom. The van der Waals surface area contributed by atoms with Crippen LogP contribution in [-0.2, 0) is 4.74 Å². The lowest BCUT2D eigenvalue weighted by Crippen LogP contribution is -2.09. The molecule has 1 rings (SSSR count). The van der Waals surface area contributed by atoms with Crippen molar-refractivity contribution in [3.63, 3.8) is 0 Å². The second-order valence-electron chi connectivity index (χ2n) is 4.17. The maximum absolute atomic E-state index is 13.3. The molecule has 0 aliphatic heterocycles. The maximum Gasteiger partial charge on any atom is 0.129 e. The van der Waals surface area contributed by atoms with Gasteiger partial charge in [-0.3, -0.25) is 0 Å². The average molecular weight is 240 g/mol. The molecule has 0 fully saturated rings. The molecule has 0 amide bonds. The molecule has 1 aromatic rings. The topological polar surface area (TPSA) is 29.5 Å². The van der Waals surface area contributed by atoms with Crippen LogP contribution < -0.4 is 0 Å². The summed E-state index contributed by atoms with van der Waals surface area (Å²) in [6.45, 7) is 2.95. The summed E-state index contributed by atoms with van der Waals surface area (Å²) in [5.74, 6) is -0.380. The monoisotopic (exact) mass is 240 g/mol. The molecule has 0 saturated carbocycles. The molecule has 3 heteroatoms. The van der Waals surface area contributed by atoms with Gasteiger partial charge in [0, 0.05) is 12.2 Å². The molecule has 1 N–H and O–H groups in total. The number of ether oxygens (including phenoxy) is 1. The fourth-order valence-electron chi connectivity index (χ4n) is 1.66. The van der Waals surface area contributed by atoms with Crippen LogP contribution in [0.2, 0.25) is 0 Å². The molecular formula is C14H21FO2. The minimum atomic E-state index is -0.873. The predicted octanol–water partition coefficient (Wildman–Crippen LogP) is 3.46. The van der Waals surface area contributed by atoms with Gasteiger partial charge >= 0.3 is 0 Å². The summed E-state index contributed by atoms with van der Waals surface area (Å²) in [4.78, 5) is 0. The normalized spacial score (nSPS) is 12.6. The molecule has 1 atom stereocenters. The third-order valence-electron chi connectivity index (χ3n) is 2.68. The van der Waals surface area contributed by atoms with Crippen molar-refractivity contribution in [3.8, 4) is 0 Å². The van der Waals surface area contributed by atoms with Crippen molar-refractivity contribution >= 4 is 0 Å². The van der Waals surface area contributed by atoms with Crippen LogP contribution in [0.15, 0.2) is 24.3 Å². The molecule has 0 saturated heterocycles. The van der Waals surface area contributed by atoms with Crippen LogP contribution in [0, 0.1) is 5.82 Å². The van der Waals surface area contributed by atoms with E-state index in [0.29, 0.717) is 12.2 Å². The Bertz CT molecular complexity index is 315. The van der Waals surface area contributed by atoms with Crippen molar-refractivity contribution < 1.29 is 14.2 Å². The summed E-state index contributed by atoms with van der Waals surface area (Å²) in [7, 11) is 0. The first-order valence-electron chi connectivity index (χ1n) is 6.26. The molecule has 0 aliphatic rings. The molecule has 0 radical (unpaired) electrons. The van der Waals surface area contributed by atoms with Gasteiger partial charge in [0.2, 0.25) is 0 Å². The number of aliphatic hydroxyl groups excluding tert-OH is 1. The Hall–Kier alpha value is -0.930. The van der Waals surface area contributed by atoms with Gasteiger partial charge in [-0.1, -0.05) is 44.4 Å². The van der Waals surface area contributed by atoms with Gasteiger partial charge in [-0.2, -0.15) is 0 Å². The van der Waals surface area contributed by atoms with Crippen molar-refractivity contribution in [2.45, 2.75) is 38.7 Å². The number of halogens is 1. The molecule has 17 heavy (non-hydrogen) atoms. The first-order valence-corrected chi connectivity index (χ1v) is 6.26. The van der Waals surface area contributed by atoms with Crippen LogP contribution in [0.25, 0.3) is 0 Å². The van der Waals surface area contributed by atoms with E-state index in [-0.39, 0.29) is 12.4 Å². The van der Waals surface area contributed by atoms with Gasteiger partial charge in [0.15, 0.2) is 0 Å². The van der Waals surface area contributed by atoms with E-state index in [1.54, 1.807) is 18.2 Å². The van der Waals surface area contributed by atoms with Crippen molar-refractivity contribution in [3.05, 3.63) is 35.6 Å². The lowest BCUT2D eigenvalue weighted by molar-refractivity contribution is 0.0327. The molecule has 2 nitrogen and oxygen atoms in total. The zero-order valence-corrected chi connectivity index (χ0v) is 10.4. The molecule has 0 aliphatic carbocycles. The Balaban J connectivity index is 2.21. The SMILES string of the molecule is CCCCCCOCC(O)c1ccccc1F. The summed E-state index contributed by atoms with van der Waals surface area (Å²) in [5.41, 5.74) is 0.307. The van der Waals surface area contributed by atoms with Crippen LogP contribution in [0.4, 0.5) is 4.39 Å². The Morgan fingerprint density at radius 3 is 2.71 bits per heavy atom. The molecule has 96 valence electrons. The van der Waals surface area contributed by atoms with Gasteiger partial charge in [-0.25, -0.2) is 4.39 Å².